The maximum Gasteiger partial charge on any atom is 0.0535 e. The topological polar surface area (TPSA) is 20.2 Å². The molecule has 65 valence electrons. The first-order valence-electron chi connectivity index (χ1n) is 3.54. The normalized spacial score (nSPS) is 10.8. The maximum absolute atomic E-state index is 8.95. The van der Waals surface area contributed by atoms with Crippen molar-refractivity contribution in [3.8, 4) is 0 Å². The first-order chi connectivity index (χ1) is 5.65. The van der Waals surface area contributed by atoms with Crippen molar-refractivity contribution in [2.24, 2.45) is 0 Å². The van der Waals surface area contributed by atoms with Gasteiger partial charge in [-0.25, -0.2) is 0 Å². The van der Waals surface area contributed by atoms with Crippen LogP contribution in [-0.2, 0) is 0 Å². The summed E-state index contributed by atoms with van der Waals surface area (Å²) in [4.78, 5) is 0. The van der Waals surface area contributed by atoms with Gasteiger partial charge in [-0.2, -0.15) is 0 Å². The fourth-order valence-corrected chi connectivity index (χ4v) is 2.07. The van der Waals surface area contributed by atoms with Crippen LogP contribution in [0.25, 0.3) is 0 Å². The van der Waals surface area contributed by atoms with Crippen LogP contribution in [0.15, 0.2) is 22.7 Å². The van der Waals surface area contributed by atoms with Crippen molar-refractivity contribution in [1.82, 2.24) is 0 Å². The van der Waals surface area contributed by atoms with Crippen LogP contribution in [0.3, 0.4) is 0 Å². The van der Waals surface area contributed by atoms with Crippen molar-refractivity contribution < 1.29 is 5.11 Å². The van der Waals surface area contributed by atoms with E-state index in [2.05, 4.69) is 38.5 Å². The highest BCUT2D eigenvalue weighted by Crippen LogP contribution is 2.24. The summed E-state index contributed by atoms with van der Waals surface area (Å²) in [5.74, 6) is 1.00. The minimum absolute atomic E-state index is 0.118. The van der Waals surface area contributed by atoms with Crippen LogP contribution in [0.4, 0.5) is 0 Å². The molecule has 0 fully saturated rings. The fraction of sp³-hybridized carbons (Fsp3) is 0.222. The van der Waals surface area contributed by atoms with Crippen LogP contribution >= 0.6 is 38.5 Å². The molecule has 12 heavy (non-hydrogen) atoms. The Balaban J connectivity index is 3.04. The Morgan fingerprint density at radius 2 is 2.25 bits per heavy atom. The van der Waals surface area contributed by atoms with Gasteiger partial charge in [-0.15, -0.1) is 0 Å². The molecule has 1 N–H and O–H groups in total. The van der Waals surface area contributed by atoms with Gasteiger partial charge in [-0.05, 0) is 46.4 Å². The number of hydrogen-bond acceptors (Lipinski definition) is 1. The van der Waals surface area contributed by atoms with Crippen molar-refractivity contribution in [3.05, 3.63) is 37.7 Å². The first kappa shape index (κ1) is 10.5. The third-order valence-corrected chi connectivity index (χ3v) is 3.06. The average Bonchev–Trinajstić information content (AvgIpc) is 2.08. The Bertz CT molecular complexity index is 275. The summed E-state index contributed by atoms with van der Waals surface area (Å²) in [6, 6.07) is 6.04. The molecule has 0 aliphatic heterocycles. The van der Waals surface area contributed by atoms with Crippen LogP contribution in [-0.4, -0.2) is 11.7 Å². The maximum atomic E-state index is 8.95. The van der Waals surface area contributed by atoms with Crippen LogP contribution in [0.2, 0.25) is 0 Å². The summed E-state index contributed by atoms with van der Waals surface area (Å²) in [7, 11) is 0. The molecule has 0 aromatic heterocycles. The van der Waals surface area contributed by atoms with Gasteiger partial charge < -0.3 is 5.11 Å². The fourth-order valence-electron chi connectivity index (χ4n) is 0.910. The number of aliphatic hydroxyl groups is 1. The number of benzene rings is 1. The molecule has 0 spiro atoms. The van der Waals surface area contributed by atoms with E-state index in [1.54, 1.807) is 0 Å². The molecule has 1 nitrogen and oxygen atoms in total. The van der Waals surface area contributed by atoms with E-state index in [0.29, 0.717) is 0 Å². The molecule has 1 radical (unpaired) electrons. The molecule has 0 saturated heterocycles. The van der Waals surface area contributed by atoms with Gasteiger partial charge in [0.25, 0.3) is 0 Å². The van der Waals surface area contributed by atoms with Crippen molar-refractivity contribution in [2.75, 3.05) is 6.61 Å². The molecule has 0 unspecified atom stereocenters. The van der Waals surface area contributed by atoms with E-state index in [9.17, 15) is 0 Å². The number of hydrogen-bond donors (Lipinski definition) is 1. The van der Waals surface area contributed by atoms with E-state index >= 15 is 0 Å². The molecule has 0 aliphatic rings. The van der Waals surface area contributed by atoms with E-state index in [1.165, 1.54) is 3.57 Å². The SMILES string of the molecule is C[C](CO)c1cc(Br)ccc1I. The quantitative estimate of drug-likeness (QED) is 0.821. The Morgan fingerprint density at radius 3 is 2.83 bits per heavy atom. The van der Waals surface area contributed by atoms with E-state index in [4.69, 9.17) is 5.11 Å². The van der Waals surface area contributed by atoms with E-state index in [0.717, 1.165) is 16.0 Å². The van der Waals surface area contributed by atoms with Crippen LogP contribution in [0.1, 0.15) is 12.5 Å². The van der Waals surface area contributed by atoms with Crippen LogP contribution < -0.4 is 0 Å². The Hall–Kier alpha value is 0.390. The van der Waals surface area contributed by atoms with Crippen molar-refractivity contribution in [1.29, 1.82) is 0 Å². The molecule has 1 aromatic carbocycles. The molecule has 0 bridgehead atoms. The summed E-state index contributed by atoms with van der Waals surface area (Å²) in [5.41, 5.74) is 1.12. The second kappa shape index (κ2) is 4.58. The van der Waals surface area contributed by atoms with E-state index < -0.39 is 0 Å². The minimum atomic E-state index is 0.118. The lowest BCUT2D eigenvalue weighted by Gasteiger charge is -2.09. The van der Waals surface area contributed by atoms with Gasteiger partial charge in [0.15, 0.2) is 0 Å². The highest BCUT2D eigenvalue weighted by atomic mass is 127. The van der Waals surface area contributed by atoms with Crippen LogP contribution in [0, 0.1) is 9.49 Å². The largest absolute Gasteiger partial charge is 0.395 e. The zero-order valence-electron chi connectivity index (χ0n) is 6.64. The standard InChI is InChI=1S/C9H9BrIO/c1-6(5-12)8-4-7(10)2-3-9(8)11/h2-4,12H,5H2,1H3. The predicted octanol–water partition coefficient (Wildman–Crippen LogP) is 2.99. The lowest BCUT2D eigenvalue weighted by atomic mass is 10.0. The molecule has 0 heterocycles. The molecule has 0 amide bonds. The summed E-state index contributed by atoms with van der Waals surface area (Å²) in [6.07, 6.45) is 0. The highest BCUT2D eigenvalue weighted by molar-refractivity contribution is 14.1. The molecule has 1 rings (SSSR count). The summed E-state index contributed by atoms with van der Waals surface area (Å²) in [5, 5.41) is 8.95. The second-order valence-corrected chi connectivity index (χ2v) is 4.64. The number of rotatable bonds is 2. The summed E-state index contributed by atoms with van der Waals surface area (Å²) < 4.78 is 2.22. The molecule has 0 saturated carbocycles. The average molecular weight is 340 g/mol. The number of aliphatic hydroxyl groups excluding tert-OH is 1. The van der Waals surface area contributed by atoms with Crippen molar-refractivity contribution in [2.45, 2.75) is 6.92 Å². The highest BCUT2D eigenvalue weighted by Gasteiger charge is 2.08. The van der Waals surface area contributed by atoms with Gasteiger partial charge >= 0.3 is 0 Å². The van der Waals surface area contributed by atoms with E-state index in [-0.39, 0.29) is 6.61 Å². The van der Waals surface area contributed by atoms with Crippen LogP contribution in [0.5, 0.6) is 0 Å². The van der Waals surface area contributed by atoms with Crippen molar-refractivity contribution in [3.63, 3.8) is 0 Å². The van der Waals surface area contributed by atoms with Crippen molar-refractivity contribution >= 4 is 38.5 Å². The van der Waals surface area contributed by atoms with E-state index in [1.807, 2.05) is 25.1 Å². The van der Waals surface area contributed by atoms with Gasteiger partial charge in [0.2, 0.25) is 0 Å². The lowest BCUT2D eigenvalue weighted by molar-refractivity contribution is 0.314. The molecule has 1 aromatic rings. The smallest absolute Gasteiger partial charge is 0.0535 e. The number of halogens is 2. The molecule has 3 heteroatoms. The predicted molar refractivity (Wildman–Crippen MR) is 62.0 cm³/mol. The monoisotopic (exact) mass is 339 g/mol. The third kappa shape index (κ3) is 2.44. The third-order valence-electron chi connectivity index (χ3n) is 1.63. The Labute approximate surface area is 94.4 Å². The van der Waals surface area contributed by atoms with Gasteiger partial charge in [-0.1, -0.05) is 22.9 Å². The minimum Gasteiger partial charge on any atom is -0.395 e. The second-order valence-electron chi connectivity index (χ2n) is 2.56. The molecular formula is C9H9BrIO. The van der Waals surface area contributed by atoms with Gasteiger partial charge in [0.1, 0.15) is 0 Å². The van der Waals surface area contributed by atoms with Gasteiger partial charge in [-0.3, -0.25) is 0 Å². The molecule has 0 atom stereocenters. The van der Waals surface area contributed by atoms with Gasteiger partial charge in [0.05, 0.1) is 6.61 Å². The lowest BCUT2D eigenvalue weighted by Crippen LogP contribution is -2.02. The van der Waals surface area contributed by atoms with Gasteiger partial charge in [0, 0.05) is 14.0 Å². The Kier molecular flexibility index (Phi) is 3.99. The molecular weight excluding hydrogens is 331 g/mol. The summed E-state index contributed by atoms with van der Waals surface area (Å²) >= 11 is 5.66. The Morgan fingerprint density at radius 1 is 1.58 bits per heavy atom. The zero-order chi connectivity index (χ0) is 9.14. The zero-order valence-corrected chi connectivity index (χ0v) is 10.4. The summed E-state index contributed by atoms with van der Waals surface area (Å²) in [6.45, 7) is 2.05. The first-order valence-corrected chi connectivity index (χ1v) is 5.41. The molecule has 0 aliphatic carbocycles.